The number of nitrogens with zero attached hydrogens (tertiary/aromatic N) is 1. The van der Waals surface area contributed by atoms with Crippen molar-refractivity contribution in [1.29, 1.82) is 0 Å². The van der Waals surface area contributed by atoms with Gasteiger partial charge in [-0.3, -0.25) is 4.79 Å². The van der Waals surface area contributed by atoms with Gasteiger partial charge in [0.25, 0.3) is 0 Å². The van der Waals surface area contributed by atoms with E-state index in [2.05, 4.69) is 43.4 Å². The molecule has 1 saturated carbocycles. The fraction of sp³-hybridized carbons (Fsp3) is 0.533. The van der Waals surface area contributed by atoms with Gasteiger partial charge in [0, 0.05) is 19.1 Å². The number of carbonyl (C=O) groups excluding carboxylic acids is 1. The molecule has 0 radical (unpaired) electrons. The Hall–Kier alpha value is -1.35. The molecule has 0 aliphatic heterocycles. The molecule has 18 heavy (non-hydrogen) atoms. The molecule has 1 fully saturated rings. The Morgan fingerprint density at radius 2 is 2.22 bits per heavy atom. The van der Waals surface area contributed by atoms with E-state index in [1.54, 1.807) is 0 Å². The van der Waals surface area contributed by atoms with Gasteiger partial charge in [0.2, 0.25) is 5.91 Å². The quantitative estimate of drug-likeness (QED) is 0.833. The normalized spacial score (nSPS) is 14.6. The van der Waals surface area contributed by atoms with E-state index in [0.717, 1.165) is 13.1 Å². The minimum Gasteiger partial charge on any atom is -0.339 e. The summed E-state index contributed by atoms with van der Waals surface area (Å²) in [7, 11) is 0. The molecule has 3 nitrogen and oxygen atoms in total. The Balaban J connectivity index is 1.76. The van der Waals surface area contributed by atoms with Gasteiger partial charge in [-0.05, 0) is 32.3 Å². The largest absolute Gasteiger partial charge is 0.339 e. The summed E-state index contributed by atoms with van der Waals surface area (Å²) in [5.74, 6) is 0.229. The summed E-state index contributed by atoms with van der Waals surface area (Å²) in [6.45, 7) is 6.17. The van der Waals surface area contributed by atoms with Crippen LogP contribution in [0, 0.1) is 6.92 Å². The number of benzene rings is 1. The summed E-state index contributed by atoms with van der Waals surface area (Å²) in [5, 5.41) is 3.23. The summed E-state index contributed by atoms with van der Waals surface area (Å²) < 4.78 is 0. The van der Waals surface area contributed by atoms with Gasteiger partial charge in [0.1, 0.15) is 0 Å². The Kier molecular flexibility index (Phi) is 4.37. The van der Waals surface area contributed by atoms with E-state index in [-0.39, 0.29) is 5.91 Å². The van der Waals surface area contributed by atoms with E-state index in [0.29, 0.717) is 12.6 Å². The fourth-order valence-corrected chi connectivity index (χ4v) is 2.26. The first-order chi connectivity index (χ1) is 8.70. The molecule has 0 spiro atoms. The average molecular weight is 246 g/mol. The van der Waals surface area contributed by atoms with Gasteiger partial charge in [-0.1, -0.05) is 29.8 Å². The topological polar surface area (TPSA) is 32.3 Å². The first-order valence-corrected chi connectivity index (χ1v) is 6.76. The predicted molar refractivity (Wildman–Crippen MR) is 73.3 cm³/mol. The molecule has 0 atom stereocenters. The average Bonchev–Trinajstić information content (AvgIpc) is 3.14. The lowest BCUT2D eigenvalue weighted by molar-refractivity contribution is -0.130. The first-order valence-electron chi connectivity index (χ1n) is 6.76. The second-order valence-electron chi connectivity index (χ2n) is 5.00. The minimum atomic E-state index is 0.229. The van der Waals surface area contributed by atoms with E-state index in [9.17, 15) is 4.79 Å². The van der Waals surface area contributed by atoms with Crippen LogP contribution in [0.1, 0.15) is 30.9 Å². The van der Waals surface area contributed by atoms with E-state index in [1.165, 1.54) is 24.0 Å². The summed E-state index contributed by atoms with van der Waals surface area (Å²) in [4.78, 5) is 14.0. The van der Waals surface area contributed by atoms with Gasteiger partial charge in [-0.25, -0.2) is 0 Å². The SMILES string of the molecule is CCN(C(=O)CNCc1cccc(C)c1)C1CC1. The maximum absolute atomic E-state index is 12.0. The maximum Gasteiger partial charge on any atom is 0.236 e. The number of likely N-dealkylation sites (N-methyl/N-ethyl adjacent to an activating group) is 1. The van der Waals surface area contributed by atoms with Gasteiger partial charge < -0.3 is 10.2 Å². The number of hydrogen-bond acceptors (Lipinski definition) is 2. The highest BCUT2D eigenvalue weighted by Crippen LogP contribution is 2.26. The van der Waals surface area contributed by atoms with Crippen molar-refractivity contribution in [3.05, 3.63) is 35.4 Å². The molecule has 3 heteroatoms. The van der Waals surface area contributed by atoms with Gasteiger partial charge in [0.05, 0.1) is 6.54 Å². The van der Waals surface area contributed by atoms with Crippen LogP contribution >= 0.6 is 0 Å². The third kappa shape index (κ3) is 3.57. The zero-order chi connectivity index (χ0) is 13.0. The summed E-state index contributed by atoms with van der Waals surface area (Å²) in [6.07, 6.45) is 2.36. The third-order valence-corrected chi connectivity index (χ3v) is 3.34. The van der Waals surface area contributed by atoms with E-state index in [1.807, 2.05) is 4.90 Å². The van der Waals surface area contributed by atoms with E-state index >= 15 is 0 Å². The van der Waals surface area contributed by atoms with Crippen LogP contribution in [0.2, 0.25) is 0 Å². The Labute approximate surface area is 109 Å². The molecule has 0 saturated heterocycles. The number of rotatable bonds is 6. The third-order valence-electron chi connectivity index (χ3n) is 3.34. The molecule has 1 amide bonds. The molecule has 98 valence electrons. The standard InChI is InChI=1S/C15H22N2O/c1-3-17(14-7-8-14)15(18)11-16-10-13-6-4-5-12(2)9-13/h4-6,9,14,16H,3,7-8,10-11H2,1-2H3. The Bertz CT molecular complexity index is 413. The summed E-state index contributed by atoms with van der Waals surface area (Å²) >= 11 is 0. The Morgan fingerprint density at radius 1 is 1.44 bits per heavy atom. The smallest absolute Gasteiger partial charge is 0.236 e. The Morgan fingerprint density at radius 3 is 2.83 bits per heavy atom. The second-order valence-corrected chi connectivity index (χ2v) is 5.00. The molecule has 2 rings (SSSR count). The van der Waals surface area contributed by atoms with Crippen molar-refractivity contribution < 1.29 is 4.79 Å². The van der Waals surface area contributed by atoms with Crippen molar-refractivity contribution >= 4 is 5.91 Å². The van der Waals surface area contributed by atoms with Crippen LogP contribution in [0.25, 0.3) is 0 Å². The number of amides is 1. The lowest BCUT2D eigenvalue weighted by Crippen LogP contribution is -2.39. The first kappa shape index (κ1) is 13.1. The van der Waals surface area contributed by atoms with Crippen molar-refractivity contribution in [2.75, 3.05) is 13.1 Å². The van der Waals surface area contributed by atoms with E-state index < -0.39 is 0 Å². The number of carbonyl (C=O) groups is 1. The van der Waals surface area contributed by atoms with Crippen molar-refractivity contribution in [3.8, 4) is 0 Å². The lowest BCUT2D eigenvalue weighted by Gasteiger charge is -2.20. The molecule has 0 unspecified atom stereocenters. The van der Waals surface area contributed by atoms with Gasteiger partial charge in [-0.2, -0.15) is 0 Å². The van der Waals surface area contributed by atoms with Gasteiger partial charge >= 0.3 is 0 Å². The molecule has 0 heterocycles. The highest BCUT2D eigenvalue weighted by molar-refractivity contribution is 5.78. The molecular formula is C15H22N2O. The lowest BCUT2D eigenvalue weighted by atomic mass is 10.1. The van der Waals surface area contributed by atoms with Crippen LogP contribution in [0.4, 0.5) is 0 Å². The highest BCUT2D eigenvalue weighted by Gasteiger charge is 2.30. The predicted octanol–water partition coefficient (Wildman–Crippen LogP) is 2.10. The molecule has 1 N–H and O–H groups in total. The zero-order valence-corrected chi connectivity index (χ0v) is 11.3. The maximum atomic E-state index is 12.0. The molecule has 0 aromatic heterocycles. The van der Waals surface area contributed by atoms with Crippen LogP contribution in [0.3, 0.4) is 0 Å². The number of nitrogens with one attached hydrogen (secondary N) is 1. The molecule has 1 aromatic rings. The van der Waals surface area contributed by atoms with Crippen LogP contribution in [-0.4, -0.2) is 29.9 Å². The van der Waals surface area contributed by atoms with Crippen molar-refractivity contribution in [1.82, 2.24) is 10.2 Å². The zero-order valence-electron chi connectivity index (χ0n) is 11.3. The van der Waals surface area contributed by atoms with Crippen LogP contribution in [-0.2, 0) is 11.3 Å². The highest BCUT2D eigenvalue weighted by atomic mass is 16.2. The molecular weight excluding hydrogens is 224 g/mol. The van der Waals surface area contributed by atoms with Crippen molar-refractivity contribution in [2.45, 2.75) is 39.3 Å². The van der Waals surface area contributed by atoms with Crippen LogP contribution in [0.15, 0.2) is 24.3 Å². The second kappa shape index (κ2) is 6.01. The fourth-order valence-electron chi connectivity index (χ4n) is 2.26. The summed E-state index contributed by atoms with van der Waals surface area (Å²) in [6, 6.07) is 8.89. The van der Waals surface area contributed by atoms with Gasteiger partial charge in [0.15, 0.2) is 0 Å². The molecule has 0 bridgehead atoms. The van der Waals surface area contributed by atoms with Gasteiger partial charge in [-0.15, -0.1) is 0 Å². The van der Waals surface area contributed by atoms with Crippen LogP contribution in [0.5, 0.6) is 0 Å². The molecule has 1 aliphatic carbocycles. The van der Waals surface area contributed by atoms with Crippen LogP contribution < -0.4 is 5.32 Å². The number of hydrogen-bond donors (Lipinski definition) is 1. The monoisotopic (exact) mass is 246 g/mol. The van der Waals surface area contributed by atoms with Crippen molar-refractivity contribution in [3.63, 3.8) is 0 Å². The van der Waals surface area contributed by atoms with Crippen molar-refractivity contribution in [2.24, 2.45) is 0 Å². The molecule has 1 aromatic carbocycles. The summed E-state index contributed by atoms with van der Waals surface area (Å²) in [5.41, 5.74) is 2.49. The minimum absolute atomic E-state index is 0.229. The number of aryl methyl sites for hydroxylation is 1. The molecule has 1 aliphatic rings. The van der Waals surface area contributed by atoms with E-state index in [4.69, 9.17) is 0 Å².